The van der Waals surface area contributed by atoms with Crippen LogP contribution in [0.4, 0.5) is 0 Å². The second-order valence-electron chi connectivity index (χ2n) is 5.81. The zero-order valence-corrected chi connectivity index (χ0v) is 15.5. The molecule has 0 saturated heterocycles. The summed E-state index contributed by atoms with van der Waals surface area (Å²) < 4.78 is 7.98. The molecule has 0 atom stereocenters. The number of ether oxygens (including phenoxy) is 1. The zero-order chi connectivity index (χ0) is 19.6. The Morgan fingerprint density at radius 3 is 2.78 bits per heavy atom. The summed E-state index contributed by atoms with van der Waals surface area (Å²) in [6.45, 7) is 0.973. The minimum Gasteiger partial charge on any atom is -0.507 e. The summed E-state index contributed by atoms with van der Waals surface area (Å²) in [5.74, 6) is -0.816. The summed E-state index contributed by atoms with van der Waals surface area (Å²) >= 11 is 0.994. The molecular weight excluding hydrogens is 368 g/mol. The zero-order valence-electron chi connectivity index (χ0n) is 14.7. The molecule has 8 nitrogen and oxygen atoms in total. The van der Waals surface area contributed by atoms with Gasteiger partial charge >= 0.3 is 10.8 Å². The lowest BCUT2D eigenvalue weighted by Gasteiger charge is -2.08. The molecule has 0 aliphatic carbocycles. The topological polar surface area (TPSA) is 110 Å². The van der Waals surface area contributed by atoms with Crippen LogP contribution in [0.15, 0.2) is 40.2 Å². The molecular formula is C18H16N4O4S. The van der Waals surface area contributed by atoms with Gasteiger partial charge in [-0.25, -0.2) is 4.98 Å². The number of aliphatic hydroxyl groups excluding tert-OH is 1. The van der Waals surface area contributed by atoms with Gasteiger partial charge in [0, 0.05) is 18.1 Å². The fourth-order valence-electron chi connectivity index (χ4n) is 2.60. The molecule has 138 valence electrons. The molecule has 3 aromatic rings. The first-order valence-corrected chi connectivity index (χ1v) is 8.85. The lowest BCUT2D eigenvalue weighted by atomic mass is 10.2. The number of carbonyl (C=O) groups excluding carboxylic acids is 1. The van der Waals surface area contributed by atoms with E-state index in [0.717, 1.165) is 16.9 Å². The van der Waals surface area contributed by atoms with Crippen LogP contribution in [0.2, 0.25) is 0 Å². The molecule has 2 heterocycles. The Hall–Kier alpha value is -3.38. The highest BCUT2D eigenvalue weighted by molar-refractivity contribution is 7.07. The predicted octanol–water partition coefficient (Wildman–Crippen LogP) is 2.14. The second-order valence-corrected chi connectivity index (χ2v) is 6.63. The van der Waals surface area contributed by atoms with Gasteiger partial charge in [0.2, 0.25) is 0 Å². The number of carbonyl (C=O) groups is 1. The van der Waals surface area contributed by atoms with Gasteiger partial charge in [-0.1, -0.05) is 23.5 Å². The van der Waals surface area contributed by atoms with Gasteiger partial charge in [0.25, 0.3) is 0 Å². The van der Waals surface area contributed by atoms with Gasteiger partial charge in [-0.3, -0.25) is 14.2 Å². The smallest absolute Gasteiger partial charge is 0.326 e. The molecule has 0 radical (unpaired) electrons. The average Bonchev–Trinajstić information content (AvgIpc) is 3.15. The first-order chi connectivity index (χ1) is 12.9. The number of benzene rings is 1. The van der Waals surface area contributed by atoms with E-state index < -0.39 is 18.3 Å². The van der Waals surface area contributed by atoms with E-state index in [2.05, 4.69) is 4.98 Å². The number of nitriles is 1. The summed E-state index contributed by atoms with van der Waals surface area (Å²) in [5.41, 5.74) is 2.06. The summed E-state index contributed by atoms with van der Waals surface area (Å²) in [6, 6.07) is 9.22. The van der Waals surface area contributed by atoms with E-state index in [0.29, 0.717) is 11.2 Å². The van der Waals surface area contributed by atoms with Crippen molar-refractivity contribution in [3.8, 4) is 6.07 Å². The number of aryl methyl sites for hydroxylation is 2. The molecule has 1 N–H and O–H groups in total. The van der Waals surface area contributed by atoms with Crippen molar-refractivity contribution in [2.45, 2.75) is 13.5 Å². The first kappa shape index (κ1) is 18.4. The summed E-state index contributed by atoms with van der Waals surface area (Å²) in [7, 11) is 1.73. The maximum Gasteiger partial charge on any atom is 0.326 e. The van der Waals surface area contributed by atoms with Crippen molar-refractivity contribution >= 4 is 33.9 Å². The number of hydrogen-bond acceptors (Lipinski definition) is 7. The van der Waals surface area contributed by atoms with Crippen molar-refractivity contribution in [2.75, 3.05) is 6.61 Å². The Labute approximate surface area is 158 Å². The van der Waals surface area contributed by atoms with E-state index in [1.165, 1.54) is 4.57 Å². The third kappa shape index (κ3) is 3.61. The van der Waals surface area contributed by atoms with Crippen LogP contribution in [-0.2, 0) is 23.1 Å². The predicted molar refractivity (Wildman–Crippen MR) is 100 cm³/mol. The molecule has 0 spiro atoms. The van der Waals surface area contributed by atoms with Gasteiger partial charge in [-0.2, -0.15) is 5.26 Å². The largest absolute Gasteiger partial charge is 0.507 e. The normalized spacial score (nSPS) is 11.9. The molecule has 0 aliphatic heterocycles. The number of esters is 1. The van der Waals surface area contributed by atoms with Crippen LogP contribution in [0.25, 0.3) is 16.6 Å². The van der Waals surface area contributed by atoms with E-state index in [-0.39, 0.29) is 22.8 Å². The van der Waals surface area contributed by atoms with Crippen molar-refractivity contribution in [3.63, 3.8) is 0 Å². The van der Waals surface area contributed by atoms with Gasteiger partial charge in [-0.05, 0) is 19.1 Å². The van der Waals surface area contributed by atoms with E-state index in [4.69, 9.17) is 4.74 Å². The Bertz CT molecular complexity index is 1150. The molecule has 0 saturated carbocycles. The number of hydrogen-bond donors (Lipinski definition) is 1. The van der Waals surface area contributed by atoms with Crippen LogP contribution in [0.1, 0.15) is 11.5 Å². The first-order valence-electron chi connectivity index (χ1n) is 7.97. The third-order valence-corrected chi connectivity index (χ3v) is 4.93. The van der Waals surface area contributed by atoms with Crippen molar-refractivity contribution in [2.24, 2.45) is 7.05 Å². The van der Waals surface area contributed by atoms with Crippen LogP contribution < -0.4 is 4.87 Å². The standard InChI is InChI=1S/C18H16N4O4S/c1-11-10-27-18(25)22(11)8-16(24)26-9-15(23)12(7-19)17-20-13-5-3-4-6-14(13)21(17)2/h3-6,10,23H,8-9H2,1-2H3/b15-12-. The van der Waals surface area contributed by atoms with Crippen LogP contribution in [0.3, 0.4) is 0 Å². The van der Waals surface area contributed by atoms with Crippen LogP contribution in [-0.4, -0.2) is 31.8 Å². The van der Waals surface area contributed by atoms with E-state index in [1.807, 2.05) is 24.3 Å². The molecule has 1 aromatic carbocycles. The molecule has 3 rings (SSSR count). The lowest BCUT2D eigenvalue weighted by Crippen LogP contribution is -2.22. The van der Waals surface area contributed by atoms with Crippen LogP contribution >= 0.6 is 11.3 Å². The number of thiazole rings is 1. The fraction of sp³-hybridized carbons (Fsp3) is 0.222. The summed E-state index contributed by atoms with van der Waals surface area (Å²) in [5, 5.41) is 21.3. The molecule has 27 heavy (non-hydrogen) atoms. The summed E-state index contributed by atoms with van der Waals surface area (Å²) in [6.07, 6.45) is 0. The molecule has 2 aromatic heterocycles. The monoisotopic (exact) mass is 384 g/mol. The van der Waals surface area contributed by atoms with Gasteiger partial charge < -0.3 is 14.4 Å². The molecule has 0 aliphatic rings. The van der Waals surface area contributed by atoms with Crippen LogP contribution in [0, 0.1) is 18.3 Å². The van der Waals surface area contributed by atoms with E-state index >= 15 is 0 Å². The number of nitrogens with zero attached hydrogens (tertiary/aromatic N) is 4. The van der Waals surface area contributed by atoms with Crippen molar-refractivity contribution in [1.29, 1.82) is 5.26 Å². The molecule has 0 fully saturated rings. The number of aliphatic hydroxyl groups is 1. The van der Waals surface area contributed by atoms with Gasteiger partial charge in [0.05, 0.1) is 11.0 Å². The van der Waals surface area contributed by atoms with E-state index in [9.17, 15) is 20.0 Å². The maximum atomic E-state index is 12.0. The fourth-order valence-corrected chi connectivity index (χ4v) is 3.34. The lowest BCUT2D eigenvalue weighted by molar-refractivity contribution is -0.144. The molecule has 0 unspecified atom stereocenters. The molecule has 0 bridgehead atoms. The highest BCUT2D eigenvalue weighted by Gasteiger charge is 2.18. The van der Waals surface area contributed by atoms with E-state index in [1.54, 1.807) is 30.0 Å². The Balaban J connectivity index is 1.79. The average molecular weight is 384 g/mol. The number of aromatic nitrogens is 3. The third-order valence-electron chi connectivity index (χ3n) is 4.04. The number of para-hydroxylation sites is 2. The van der Waals surface area contributed by atoms with Crippen LogP contribution in [0.5, 0.6) is 0 Å². The number of allylic oxidation sites excluding steroid dienone is 1. The number of imidazole rings is 1. The second kappa shape index (κ2) is 7.47. The quantitative estimate of drug-likeness (QED) is 0.410. The van der Waals surface area contributed by atoms with Gasteiger partial charge in [0.15, 0.2) is 11.6 Å². The Morgan fingerprint density at radius 2 is 2.15 bits per heavy atom. The van der Waals surface area contributed by atoms with Gasteiger partial charge in [0.1, 0.15) is 24.8 Å². The van der Waals surface area contributed by atoms with Crippen molar-refractivity contribution in [1.82, 2.24) is 14.1 Å². The number of fused-ring (bicyclic) bond motifs is 1. The SMILES string of the molecule is Cc1csc(=O)n1CC(=O)OC/C(O)=C(\C#N)c1nc2ccccc2n1C. The molecule has 0 amide bonds. The number of rotatable bonds is 5. The minimum atomic E-state index is -0.688. The minimum absolute atomic E-state index is 0.0784. The highest BCUT2D eigenvalue weighted by atomic mass is 32.1. The van der Waals surface area contributed by atoms with Crippen molar-refractivity contribution < 1.29 is 14.6 Å². The van der Waals surface area contributed by atoms with Crippen molar-refractivity contribution in [3.05, 3.63) is 56.6 Å². The molecule has 9 heteroatoms. The summed E-state index contributed by atoms with van der Waals surface area (Å²) in [4.78, 5) is 27.7. The highest BCUT2D eigenvalue weighted by Crippen LogP contribution is 2.21. The maximum absolute atomic E-state index is 12.0. The van der Waals surface area contributed by atoms with Gasteiger partial charge in [-0.15, -0.1) is 0 Å². The Kier molecular flexibility index (Phi) is 5.09. The Morgan fingerprint density at radius 1 is 1.41 bits per heavy atom.